The second kappa shape index (κ2) is 4.90. The van der Waals surface area contributed by atoms with Crippen LogP contribution in [-0.2, 0) is 13.5 Å². The number of nitrogens with zero attached hydrogens (tertiary/aromatic N) is 2. The first-order valence-electron chi connectivity index (χ1n) is 5.52. The molecule has 0 aliphatic carbocycles. The molecule has 3 nitrogen and oxygen atoms in total. The maximum atomic E-state index is 8.99. The van der Waals surface area contributed by atoms with Gasteiger partial charge in [-0.3, -0.25) is 0 Å². The smallest absolute Gasteiger partial charge is 0.140 e. The topological polar surface area (TPSA) is 38.1 Å². The maximum Gasteiger partial charge on any atom is 0.140 e. The van der Waals surface area contributed by atoms with E-state index in [0.29, 0.717) is 11.4 Å². The summed E-state index contributed by atoms with van der Waals surface area (Å²) in [5.41, 5.74) is 3.01. The molecule has 0 saturated heterocycles. The van der Waals surface area contributed by atoms with E-state index in [4.69, 9.17) is 16.7 Å². The van der Waals surface area contributed by atoms with Gasteiger partial charge in [-0.2, -0.15) is 0 Å². The number of rotatable bonds is 3. The fourth-order valence-corrected chi connectivity index (χ4v) is 2.05. The highest BCUT2D eigenvalue weighted by Gasteiger charge is 2.12. The van der Waals surface area contributed by atoms with E-state index in [1.807, 2.05) is 42.8 Å². The van der Waals surface area contributed by atoms with Crippen molar-refractivity contribution in [2.75, 3.05) is 6.61 Å². The van der Waals surface area contributed by atoms with Crippen molar-refractivity contribution < 1.29 is 5.11 Å². The zero-order valence-corrected chi connectivity index (χ0v) is 10.7. The Morgan fingerprint density at radius 3 is 2.82 bits per heavy atom. The summed E-state index contributed by atoms with van der Waals surface area (Å²) in [6, 6.07) is 7.63. The number of hydrogen-bond donors (Lipinski definition) is 1. The Kier molecular flexibility index (Phi) is 3.50. The third-order valence-electron chi connectivity index (χ3n) is 2.91. The normalized spacial score (nSPS) is 10.8. The fourth-order valence-electron chi connectivity index (χ4n) is 1.86. The molecule has 0 unspecified atom stereocenters. The van der Waals surface area contributed by atoms with Gasteiger partial charge in [0, 0.05) is 36.4 Å². The van der Waals surface area contributed by atoms with Crippen molar-refractivity contribution in [3.05, 3.63) is 40.7 Å². The fraction of sp³-hybridized carbons (Fsp3) is 0.308. The lowest BCUT2D eigenvalue weighted by molar-refractivity contribution is 0.298. The van der Waals surface area contributed by atoms with Crippen LogP contribution >= 0.6 is 11.6 Å². The Hall–Kier alpha value is -1.32. The largest absolute Gasteiger partial charge is 0.396 e. The second-order valence-electron chi connectivity index (χ2n) is 4.01. The van der Waals surface area contributed by atoms with Crippen LogP contribution in [0.15, 0.2) is 24.3 Å². The molecule has 0 aliphatic rings. The van der Waals surface area contributed by atoms with Crippen LogP contribution in [0, 0.1) is 6.92 Å². The van der Waals surface area contributed by atoms with E-state index in [0.717, 1.165) is 22.8 Å². The molecule has 1 aromatic heterocycles. The number of aromatic nitrogens is 2. The third kappa shape index (κ3) is 2.35. The quantitative estimate of drug-likeness (QED) is 0.909. The summed E-state index contributed by atoms with van der Waals surface area (Å²) in [5.74, 6) is 0.883. The molecule has 0 bridgehead atoms. The molecule has 90 valence electrons. The van der Waals surface area contributed by atoms with E-state index in [1.54, 1.807) is 0 Å². The molecule has 0 radical (unpaired) electrons. The highest BCUT2D eigenvalue weighted by Crippen LogP contribution is 2.23. The zero-order chi connectivity index (χ0) is 12.4. The van der Waals surface area contributed by atoms with E-state index in [2.05, 4.69) is 4.98 Å². The van der Waals surface area contributed by atoms with Gasteiger partial charge in [-0.1, -0.05) is 23.7 Å². The first kappa shape index (κ1) is 12.1. The van der Waals surface area contributed by atoms with Gasteiger partial charge in [0.15, 0.2) is 0 Å². The van der Waals surface area contributed by atoms with Gasteiger partial charge in [0.2, 0.25) is 0 Å². The number of aliphatic hydroxyl groups is 1. The first-order valence-corrected chi connectivity index (χ1v) is 5.90. The van der Waals surface area contributed by atoms with Crippen LogP contribution in [0.4, 0.5) is 0 Å². The van der Waals surface area contributed by atoms with Crippen molar-refractivity contribution in [3.8, 4) is 11.4 Å². The Morgan fingerprint density at radius 1 is 1.41 bits per heavy atom. The number of benzene rings is 1. The van der Waals surface area contributed by atoms with Crippen LogP contribution in [0.5, 0.6) is 0 Å². The minimum atomic E-state index is 0.118. The molecule has 17 heavy (non-hydrogen) atoms. The van der Waals surface area contributed by atoms with Crippen LogP contribution in [-0.4, -0.2) is 21.3 Å². The monoisotopic (exact) mass is 250 g/mol. The molecule has 0 amide bonds. The minimum Gasteiger partial charge on any atom is -0.396 e. The minimum absolute atomic E-state index is 0.118. The standard InChI is InChI=1S/C13H15ClN2O/c1-9-12(6-7-17)15-13(16(9)2)10-4-3-5-11(14)8-10/h3-5,8,17H,6-7H2,1-2H3. The lowest BCUT2D eigenvalue weighted by atomic mass is 10.2. The molecule has 1 N–H and O–H groups in total. The molecule has 1 aromatic carbocycles. The van der Waals surface area contributed by atoms with Crippen molar-refractivity contribution in [3.63, 3.8) is 0 Å². The van der Waals surface area contributed by atoms with E-state index in [-0.39, 0.29) is 6.61 Å². The van der Waals surface area contributed by atoms with Crippen molar-refractivity contribution >= 4 is 11.6 Å². The van der Waals surface area contributed by atoms with E-state index >= 15 is 0 Å². The SMILES string of the molecule is Cc1c(CCO)nc(-c2cccc(Cl)c2)n1C. The predicted molar refractivity (Wildman–Crippen MR) is 69.2 cm³/mol. The molecule has 0 fully saturated rings. The van der Waals surface area contributed by atoms with Gasteiger partial charge in [-0.05, 0) is 19.1 Å². The second-order valence-corrected chi connectivity index (χ2v) is 4.45. The van der Waals surface area contributed by atoms with Crippen molar-refractivity contribution in [2.45, 2.75) is 13.3 Å². The van der Waals surface area contributed by atoms with Crippen LogP contribution in [0.3, 0.4) is 0 Å². The third-order valence-corrected chi connectivity index (χ3v) is 3.15. The van der Waals surface area contributed by atoms with Gasteiger partial charge in [0.25, 0.3) is 0 Å². The maximum absolute atomic E-state index is 8.99. The highest BCUT2D eigenvalue weighted by atomic mass is 35.5. The van der Waals surface area contributed by atoms with Gasteiger partial charge < -0.3 is 9.67 Å². The predicted octanol–water partition coefficient (Wildman–Crippen LogP) is 2.58. The average molecular weight is 251 g/mol. The van der Waals surface area contributed by atoms with Crippen LogP contribution in [0.25, 0.3) is 11.4 Å². The molecule has 0 saturated carbocycles. The van der Waals surface area contributed by atoms with Gasteiger partial charge in [-0.25, -0.2) is 4.98 Å². The zero-order valence-electron chi connectivity index (χ0n) is 9.94. The molecular formula is C13H15ClN2O. The summed E-state index contributed by atoms with van der Waals surface area (Å²) in [4.78, 5) is 4.55. The number of imidazole rings is 1. The Labute approximate surface area is 106 Å². The first-order chi connectivity index (χ1) is 8.13. The number of halogens is 1. The van der Waals surface area contributed by atoms with Crippen molar-refractivity contribution in [1.29, 1.82) is 0 Å². The summed E-state index contributed by atoms with van der Waals surface area (Å²) >= 11 is 5.98. The van der Waals surface area contributed by atoms with E-state index in [1.165, 1.54) is 0 Å². The summed E-state index contributed by atoms with van der Waals surface area (Å²) < 4.78 is 2.02. The number of hydrogen-bond acceptors (Lipinski definition) is 2. The summed E-state index contributed by atoms with van der Waals surface area (Å²) in [6.45, 7) is 2.12. The van der Waals surface area contributed by atoms with E-state index in [9.17, 15) is 0 Å². The molecule has 0 aliphatic heterocycles. The van der Waals surface area contributed by atoms with Gasteiger partial charge in [-0.15, -0.1) is 0 Å². The van der Waals surface area contributed by atoms with Gasteiger partial charge >= 0.3 is 0 Å². The van der Waals surface area contributed by atoms with Gasteiger partial charge in [0.1, 0.15) is 5.82 Å². The lowest BCUT2D eigenvalue weighted by Gasteiger charge is -2.03. The highest BCUT2D eigenvalue weighted by molar-refractivity contribution is 6.30. The molecule has 4 heteroatoms. The molecule has 1 heterocycles. The van der Waals surface area contributed by atoms with Crippen molar-refractivity contribution in [2.24, 2.45) is 7.05 Å². The Bertz CT molecular complexity index is 534. The van der Waals surface area contributed by atoms with Crippen molar-refractivity contribution in [1.82, 2.24) is 9.55 Å². The van der Waals surface area contributed by atoms with Crippen LogP contribution in [0.2, 0.25) is 5.02 Å². The summed E-state index contributed by atoms with van der Waals surface area (Å²) in [7, 11) is 1.97. The molecule has 2 aromatic rings. The molecular weight excluding hydrogens is 236 g/mol. The number of aliphatic hydroxyl groups excluding tert-OH is 1. The van der Waals surface area contributed by atoms with Crippen LogP contribution in [0.1, 0.15) is 11.4 Å². The Balaban J connectivity index is 2.49. The Morgan fingerprint density at radius 2 is 2.18 bits per heavy atom. The van der Waals surface area contributed by atoms with Crippen LogP contribution < -0.4 is 0 Å². The summed E-state index contributed by atoms with van der Waals surface area (Å²) in [6.07, 6.45) is 0.584. The lowest BCUT2D eigenvalue weighted by Crippen LogP contribution is -1.96. The average Bonchev–Trinajstić information content (AvgIpc) is 2.58. The molecule has 0 atom stereocenters. The summed E-state index contributed by atoms with van der Waals surface area (Å²) in [5, 5.41) is 9.69. The molecule has 0 spiro atoms. The molecule has 2 rings (SSSR count). The van der Waals surface area contributed by atoms with E-state index < -0.39 is 0 Å². The van der Waals surface area contributed by atoms with Gasteiger partial charge in [0.05, 0.1) is 5.69 Å².